The first-order valence-electron chi connectivity index (χ1n) is 6.52. The van der Waals surface area contributed by atoms with Crippen molar-refractivity contribution in [3.05, 3.63) is 70.9 Å². The number of aryl methyl sites for hydroxylation is 1. The third-order valence-corrected chi connectivity index (χ3v) is 3.43. The standard InChI is InChI=1S/C17H15NO2/c1-11-8-15-10-13(4-7-16(15)18-11)9-12-2-5-14(6-3-12)17(19)20/h2-8,10,18H,9H2,1H3,(H,19,20). The van der Waals surface area contributed by atoms with Gasteiger partial charge in [0.15, 0.2) is 0 Å². The van der Waals surface area contributed by atoms with E-state index in [4.69, 9.17) is 5.11 Å². The Balaban J connectivity index is 1.86. The molecule has 0 spiro atoms. The van der Waals surface area contributed by atoms with Crippen molar-refractivity contribution in [1.29, 1.82) is 0 Å². The summed E-state index contributed by atoms with van der Waals surface area (Å²) in [4.78, 5) is 14.1. The van der Waals surface area contributed by atoms with Crippen LogP contribution in [-0.2, 0) is 6.42 Å². The quantitative estimate of drug-likeness (QED) is 0.757. The molecule has 3 rings (SSSR count). The number of hydrogen-bond acceptors (Lipinski definition) is 1. The largest absolute Gasteiger partial charge is 0.478 e. The van der Waals surface area contributed by atoms with E-state index >= 15 is 0 Å². The molecule has 3 heteroatoms. The predicted octanol–water partition coefficient (Wildman–Crippen LogP) is 3.77. The van der Waals surface area contributed by atoms with E-state index in [9.17, 15) is 4.79 Å². The monoisotopic (exact) mass is 265 g/mol. The first-order valence-corrected chi connectivity index (χ1v) is 6.52. The molecule has 0 aliphatic rings. The molecular weight excluding hydrogens is 250 g/mol. The van der Waals surface area contributed by atoms with Crippen LogP contribution in [0.1, 0.15) is 27.2 Å². The van der Waals surface area contributed by atoms with Crippen LogP contribution in [0.15, 0.2) is 48.5 Å². The van der Waals surface area contributed by atoms with Gasteiger partial charge in [-0.3, -0.25) is 0 Å². The first kappa shape index (κ1) is 12.5. The number of benzene rings is 2. The average Bonchev–Trinajstić information content (AvgIpc) is 2.78. The zero-order valence-electron chi connectivity index (χ0n) is 11.2. The molecule has 0 bridgehead atoms. The molecule has 0 fully saturated rings. The maximum absolute atomic E-state index is 10.8. The molecule has 0 aliphatic carbocycles. The van der Waals surface area contributed by atoms with Gasteiger partial charge < -0.3 is 10.1 Å². The van der Waals surface area contributed by atoms with E-state index in [1.54, 1.807) is 12.1 Å². The van der Waals surface area contributed by atoms with Gasteiger partial charge in [-0.05, 0) is 60.2 Å². The van der Waals surface area contributed by atoms with Gasteiger partial charge in [0.25, 0.3) is 0 Å². The minimum Gasteiger partial charge on any atom is -0.478 e. The van der Waals surface area contributed by atoms with E-state index in [1.165, 1.54) is 10.9 Å². The Hall–Kier alpha value is -2.55. The highest BCUT2D eigenvalue weighted by Crippen LogP contribution is 2.19. The summed E-state index contributed by atoms with van der Waals surface area (Å²) in [6, 6.07) is 15.5. The summed E-state index contributed by atoms with van der Waals surface area (Å²) in [5.41, 5.74) is 4.96. The maximum Gasteiger partial charge on any atom is 0.335 e. The summed E-state index contributed by atoms with van der Waals surface area (Å²) in [6.45, 7) is 2.05. The number of aromatic amines is 1. The highest BCUT2D eigenvalue weighted by molar-refractivity contribution is 5.87. The van der Waals surface area contributed by atoms with Gasteiger partial charge in [-0.15, -0.1) is 0 Å². The molecule has 3 nitrogen and oxygen atoms in total. The topological polar surface area (TPSA) is 53.1 Å². The molecule has 2 aromatic carbocycles. The number of carbonyl (C=O) groups is 1. The van der Waals surface area contributed by atoms with E-state index < -0.39 is 5.97 Å². The van der Waals surface area contributed by atoms with Crippen molar-refractivity contribution in [3.63, 3.8) is 0 Å². The number of carboxylic acid groups (broad SMARTS) is 1. The van der Waals surface area contributed by atoms with Crippen molar-refractivity contribution >= 4 is 16.9 Å². The van der Waals surface area contributed by atoms with Gasteiger partial charge in [0.2, 0.25) is 0 Å². The lowest BCUT2D eigenvalue weighted by molar-refractivity contribution is 0.0697. The van der Waals surface area contributed by atoms with Gasteiger partial charge in [-0.25, -0.2) is 4.79 Å². The Labute approximate surface area is 116 Å². The molecule has 1 heterocycles. The van der Waals surface area contributed by atoms with E-state index in [0.29, 0.717) is 5.56 Å². The van der Waals surface area contributed by atoms with Gasteiger partial charge in [0, 0.05) is 11.2 Å². The van der Waals surface area contributed by atoms with Crippen molar-refractivity contribution < 1.29 is 9.90 Å². The lowest BCUT2D eigenvalue weighted by Crippen LogP contribution is -1.96. The van der Waals surface area contributed by atoms with Crippen LogP contribution >= 0.6 is 0 Å². The third kappa shape index (κ3) is 2.43. The Morgan fingerprint density at radius 1 is 1.05 bits per heavy atom. The van der Waals surface area contributed by atoms with E-state index in [1.807, 2.05) is 19.1 Å². The minimum atomic E-state index is -0.888. The summed E-state index contributed by atoms with van der Waals surface area (Å²) in [5, 5.41) is 10.1. The molecule has 0 saturated heterocycles. The molecule has 3 aromatic rings. The summed E-state index contributed by atoms with van der Waals surface area (Å²) in [6.07, 6.45) is 0.806. The third-order valence-electron chi connectivity index (χ3n) is 3.43. The summed E-state index contributed by atoms with van der Waals surface area (Å²) in [7, 11) is 0. The Kier molecular flexibility index (Phi) is 3.03. The lowest BCUT2D eigenvalue weighted by Gasteiger charge is -2.03. The normalized spacial score (nSPS) is 10.8. The number of aromatic nitrogens is 1. The summed E-state index contributed by atoms with van der Waals surface area (Å²) in [5.74, 6) is -0.888. The zero-order chi connectivity index (χ0) is 14.1. The molecule has 2 N–H and O–H groups in total. The molecule has 0 unspecified atom stereocenters. The fourth-order valence-electron chi connectivity index (χ4n) is 2.44. The van der Waals surface area contributed by atoms with Gasteiger partial charge in [0.1, 0.15) is 0 Å². The number of carboxylic acids is 1. The number of aromatic carboxylic acids is 1. The van der Waals surface area contributed by atoms with Crippen LogP contribution in [0.4, 0.5) is 0 Å². The highest BCUT2D eigenvalue weighted by atomic mass is 16.4. The molecular formula is C17H15NO2. The molecule has 0 amide bonds. The van der Waals surface area contributed by atoms with Gasteiger partial charge >= 0.3 is 5.97 Å². The number of nitrogens with one attached hydrogen (secondary N) is 1. The maximum atomic E-state index is 10.8. The van der Waals surface area contributed by atoms with Gasteiger partial charge in [0.05, 0.1) is 5.56 Å². The van der Waals surface area contributed by atoms with Gasteiger partial charge in [-0.1, -0.05) is 18.2 Å². The fourth-order valence-corrected chi connectivity index (χ4v) is 2.44. The molecule has 0 saturated carbocycles. The van der Waals surface area contributed by atoms with Crippen LogP contribution in [-0.4, -0.2) is 16.1 Å². The van der Waals surface area contributed by atoms with Crippen LogP contribution in [0.5, 0.6) is 0 Å². The van der Waals surface area contributed by atoms with E-state index in [2.05, 4.69) is 29.2 Å². The van der Waals surface area contributed by atoms with Crippen LogP contribution in [0.2, 0.25) is 0 Å². The van der Waals surface area contributed by atoms with Crippen molar-refractivity contribution in [1.82, 2.24) is 4.98 Å². The second-order valence-corrected chi connectivity index (χ2v) is 5.05. The number of fused-ring (bicyclic) bond motifs is 1. The molecule has 0 aliphatic heterocycles. The van der Waals surface area contributed by atoms with Crippen molar-refractivity contribution in [3.8, 4) is 0 Å². The highest BCUT2D eigenvalue weighted by Gasteiger charge is 2.04. The van der Waals surface area contributed by atoms with Crippen LogP contribution < -0.4 is 0 Å². The van der Waals surface area contributed by atoms with Gasteiger partial charge in [-0.2, -0.15) is 0 Å². The van der Waals surface area contributed by atoms with Crippen LogP contribution in [0.25, 0.3) is 10.9 Å². The smallest absolute Gasteiger partial charge is 0.335 e. The minimum absolute atomic E-state index is 0.325. The molecule has 0 radical (unpaired) electrons. The Morgan fingerprint density at radius 2 is 1.75 bits per heavy atom. The Bertz CT molecular complexity index is 769. The number of hydrogen-bond donors (Lipinski definition) is 2. The molecule has 0 atom stereocenters. The summed E-state index contributed by atoms with van der Waals surface area (Å²) >= 11 is 0. The molecule has 20 heavy (non-hydrogen) atoms. The average molecular weight is 265 g/mol. The van der Waals surface area contributed by atoms with Crippen molar-refractivity contribution in [2.24, 2.45) is 0 Å². The lowest BCUT2D eigenvalue weighted by atomic mass is 10.0. The molecule has 100 valence electrons. The summed E-state index contributed by atoms with van der Waals surface area (Å²) < 4.78 is 0. The SMILES string of the molecule is Cc1cc2cc(Cc3ccc(C(=O)O)cc3)ccc2[nH]1. The van der Waals surface area contributed by atoms with Crippen LogP contribution in [0, 0.1) is 6.92 Å². The van der Waals surface area contributed by atoms with E-state index in [-0.39, 0.29) is 0 Å². The predicted molar refractivity (Wildman–Crippen MR) is 79.2 cm³/mol. The fraction of sp³-hybridized carbons (Fsp3) is 0.118. The van der Waals surface area contributed by atoms with Crippen molar-refractivity contribution in [2.75, 3.05) is 0 Å². The van der Waals surface area contributed by atoms with E-state index in [0.717, 1.165) is 23.2 Å². The number of H-pyrrole nitrogens is 1. The second kappa shape index (κ2) is 4.85. The van der Waals surface area contributed by atoms with Crippen LogP contribution in [0.3, 0.4) is 0 Å². The second-order valence-electron chi connectivity index (χ2n) is 5.05. The van der Waals surface area contributed by atoms with Crippen molar-refractivity contribution in [2.45, 2.75) is 13.3 Å². The zero-order valence-corrected chi connectivity index (χ0v) is 11.2. The molecule has 1 aromatic heterocycles. The first-order chi connectivity index (χ1) is 9.61. The number of rotatable bonds is 3. The Morgan fingerprint density at radius 3 is 2.45 bits per heavy atom.